The fraction of sp³-hybridized carbons (Fsp3) is 0.185. The Hall–Kier alpha value is -3.26. The molecule has 1 aliphatic carbocycles. The van der Waals surface area contributed by atoms with Gasteiger partial charge >= 0.3 is 0 Å². The van der Waals surface area contributed by atoms with E-state index in [4.69, 9.17) is 0 Å². The molecule has 0 saturated carbocycles. The largest absolute Gasteiger partial charge is 0.377 e. The van der Waals surface area contributed by atoms with Crippen molar-refractivity contribution in [1.82, 2.24) is 0 Å². The van der Waals surface area contributed by atoms with Crippen LogP contribution in [0.2, 0.25) is 0 Å². The van der Waals surface area contributed by atoms with Crippen molar-refractivity contribution >= 4 is 16.9 Å². The molecule has 3 atom stereocenters. The van der Waals surface area contributed by atoms with Gasteiger partial charge in [0.1, 0.15) is 0 Å². The molecule has 6 rings (SSSR count). The van der Waals surface area contributed by atoms with Gasteiger partial charge < -0.3 is 10.6 Å². The summed E-state index contributed by atoms with van der Waals surface area (Å²) in [6.45, 7) is 2.40. The predicted molar refractivity (Wildman–Crippen MR) is 121 cm³/mol. The summed E-state index contributed by atoms with van der Waals surface area (Å²) in [7, 11) is 0. The van der Waals surface area contributed by atoms with Crippen molar-refractivity contribution in [2.75, 3.05) is 10.6 Å². The van der Waals surface area contributed by atoms with Gasteiger partial charge in [-0.2, -0.15) is 0 Å². The van der Waals surface area contributed by atoms with Crippen molar-refractivity contribution < 1.29 is 0 Å². The van der Waals surface area contributed by atoms with Crippen molar-refractivity contribution in [3.8, 4) is 0 Å². The molecule has 0 amide bonds. The quantitative estimate of drug-likeness (QED) is 0.549. The summed E-state index contributed by atoms with van der Waals surface area (Å²) in [4.78, 5) is 0. The molecule has 0 spiro atoms. The first-order chi connectivity index (χ1) is 14.3. The standard InChI is InChI=1S/C27H24N2/c1-27(19-12-6-3-7-13-19)24-23(29-26(27)18-10-4-2-5-11-18)17-16-21-20-14-8-9-15-22(20)28-25(21)24/h2-14,16-17,22,26,28-29H,15H2,1H3. The van der Waals surface area contributed by atoms with Crippen LogP contribution in [0.1, 0.15) is 41.6 Å². The molecule has 0 aromatic heterocycles. The second kappa shape index (κ2) is 6.12. The van der Waals surface area contributed by atoms with Crippen LogP contribution in [0.25, 0.3) is 5.57 Å². The highest BCUT2D eigenvalue weighted by atomic mass is 15.0. The molecule has 0 fully saturated rings. The van der Waals surface area contributed by atoms with Crippen LogP contribution in [0.3, 0.4) is 0 Å². The number of fused-ring (bicyclic) bond motifs is 5. The fourth-order valence-electron chi connectivity index (χ4n) is 5.47. The maximum absolute atomic E-state index is 3.88. The van der Waals surface area contributed by atoms with Crippen molar-refractivity contribution in [2.24, 2.45) is 0 Å². The van der Waals surface area contributed by atoms with Crippen molar-refractivity contribution in [3.63, 3.8) is 0 Å². The summed E-state index contributed by atoms with van der Waals surface area (Å²) in [6, 6.07) is 27.0. The third-order valence-corrected chi connectivity index (χ3v) is 6.90. The molecule has 3 unspecified atom stereocenters. The smallest absolute Gasteiger partial charge is 0.0650 e. The van der Waals surface area contributed by atoms with Crippen LogP contribution < -0.4 is 10.6 Å². The van der Waals surface area contributed by atoms with E-state index < -0.39 is 0 Å². The van der Waals surface area contributed by atoms with Crippen molar-refractivity contribution in [3.05, 3.63) is 113 Å². The number of anilines is 2. The number of hydrogen-bond acceptors (Lipinski definition) is 2. The Kier molecular flexibility index (Phi) is 3.52. The van der Waals surface area contributed by atoms with Gasteiger partial charge in [0.15, 0.2) is 0 Å². The van der Waals surface area contributed by atoms with E-state index in [0.29, 0.717) is 6.04 Å². The van der Waals surface area contributed by atoms with E-state index in [1.54, 1.807) is 0 Å². The lowest BCUT2D eigenvalue weighted by atomic mass is 9.70. The van der Waals surface area contributed by atoms with E-state index in [9.17, 15) is 0 Å². The van der Waals surface area contributed by atoms with Crippen LogP contribution in [-0.4, -0.2) is 6.04 Å². The molecule has 3 aliphatic rings. The van der Waals surface area contributed by atoms with Crippen LogP contribution in [0.4, 0.5) is 11.4 Å². The summed E-state index contributed by atoms with van der Waals surface area (Å²) >= 11 is 0. The van der Waals surface area contributed by atoms with Gasteiger partial charge in [0.05, 0.1) is 12.1 Å². The molecule has 0 saturated heterocycles. The molecule has 2 aliphatic heterocycles. The molecule has 29 heavy (non-hydrogen) atoms. The van der Waals surface area contributed by atoms with Gasteiger partial charge in [-0.05, 0) is 36.1 Å². The summed E-state index contributed by atoms with van der Waals surface area (Å²) in [5.74, 6) is 0. The Balaban J connectivity index is 1.61. The molecule has 142 valence electrons. The van der Waals surface area contributed by atoms with Crippen LogP contribution in [0.15, 0.2) is 91.0 Å². The average Bonchev–Trinajstić information content (AvgIpc) is 3.31. The number of nitrogens with one attached hydrogen (secondary N) is 2. The maximum atomic E-state index is 3.88. The molecular weight excluding hydrogens is 352 g/mol. The van der Waals surface area contributed by atoms with Gasteiger partial charge in [0.2, 0.25) is 0 Å². The van der Waals surface area contributed by atoms with E-state index in [0.717, 1.165) is 6.42 Å². The Labute approximate surface area is 172 Å². The van der Waals surface area contributed by atoms with E-state index in [-0.39, 0.29) is 11.5 Å². The average molecular weight is 377 g/mol. The van der Waals surface area contributed by atoms with E-state index >= 15 is 0 Å². The first kappa shape index (κ1) is 16.7. The molecule has 3 aromatic rings. The van der Waals surface area contributed by atoms with Crippen LogP contribution >= 0.6 is 0 Å². The van der Waals surface area contributed by atoms with E-state index in [2.05, 4.69) is 109 Å². The summed E-state index contributed by atoms with van der Waals surface area (Å²) in [5, 5.41) is 7.75. The Bertz CT molecular complexity index is 1140. The monoisotopic (exact) mass is 376 g/mol. The van der Waals surface area contributed by atoms with Gasteiger partial charge in [0.25, 0.3) is 0 Å². The first-order valence-electron chi connectivity index (χ1n) is 10.4. The van der Waals surface area contributed by atoms with Gasteiger partial charge in [0, 0.05) is 27.9 Å². The molecule has 2 heteroatoms. The van der Waals surface area contributed by atoms with Gasteiger partial charge in [-0.1, -0.05) is 85.0 Å². The fourth-order valence-corrected chi connectivity index (χ4v) is 5.47. The Morgan fingerprint density at radius 1 is 0.862 bits per heavy atom. The van der Waals surface area contributed by atoms with Crippen molar-refractivity contribution in [1.29, 1.82) is 0 Å². The minimum Gasteiger partial charge on any atom is -0.377 e. The van der Waals surface area contributed by atoms with E-state index in [1.165, 1.54) is 39.2 Å². The maximum Gasteiger partial charge on any atom is 0.0650 e. The van der Waals surface area contributed by atoms with E-state index in [1.807, 2.05) is 0 Å². The highest BCUT2D eigenvalue weighted by Crippen LogP contribution is 2.58. The summed E-state index contributed by atoms with van der Waals surface area (Å²) in [6.07, 6.45) is 7.77. The second-order valence-electron chi connectivity index (χ2n) is 8.45. The lowest BCUT2D eigenvalue weighted by Crippen LogP contribution is -2.31. The molecule has 0 radical (unpaired) electrons. The Morgan fingerprint density at radius 3 is 2.41 bits per heavy atom. The van der Waals surface area contributed by atoms with Gasteiger partial charge in [-0.25, -0.2) is 0 Å². The van der Waals surface area contributed by atoms with Crippen LogP contribution in [0, 0.1) is 0 Å². The predicted octanol–water partition coefficient (Wildman–Crippen LogP) is 6.30. The molecule has 2 nitrogen and oxygen atoms in total. The van der Waals surface area contributed by atoms with Crippen LogP contribution in [0.5, 0.6) is 0 Å². The number of rotatable bonds is 2. The third-order valence-electron chi connectivity index (χ3n) is 6.90. The highest BCUT2D eigenvalue weighted by Gasteiger charge is 2.48. The van der Waals surface area contributed by atoms with Gasteiger partial charge in [-0.3, -0.25) is 0 Å². The normalized spacial score (nSPS) is 26.0. The Morgan fingerprint density at radius 2 is 1.62 bits per heavy atom. The summed E-state index contributed by atoms with van der Waals surface area (Å²) in [5.41, 5.74) is 9.21. The zero-order valence-electron chi connectivity index (χ0n) is 16.5. The number of benzene rings is 3. The van der Waals surface area contributed by atoms with Gasteiger partial charge in [-0.15, -0.1) is 0 Å². The first-order valence-corrected chi connectivity index (χ1v) is 10.4. The lowest BCUT2D eigenvalue weighted by molar-refractivity contribution is 0.515. The second-order valence-corrected chi connectivity index (χ2v) is 8.45. The number of allylic oxidation sites excluding steroid dienone is 2. The molecule has 2 heterocycles. The third kappa shape index (κ3) is 2.29. The minimum atomic E-state index is -0.169. The molecule has 2 N–H and O–H groups in total. The number of hydrogen-bond donors (Lipinski definition) is 2. The molecular formula is C27H24N2. The zero-order valence-corrected chi connectivity index (χ0v) is 16.5. The minimum absolute atomic E-state index is 0.169. The van der Waals surface area contributed by atoms with Crippen LogP contribution in [-0.2, 0) is 5.41 Å². The lowest BCUT2D eigenvalue weighted by Gasteiger charge is -2.34. The highest BCUT2D eigenvalue weighted by molar-refractivity contribution is 5.94. The molecule has 0 bridgehead atoms. The zero-order chi connectivity index (χ0) is 19.4. The topological polar surface area (TPSA) is 24.1 Å². The summed E-state index contributed by atoms with van der Waals surface area (Å²) < 4.78 is 0. The molecule has 3 aromatic carbocycles. The van der Waals surface area contributed by atoms with Crippen molar-refractivity contribution in [2.45, 2.75) is 30.8 Å². The SMILES string of the molecule is CC1(c2ccccc2)c2c(ccc3c2NC2CC=CC=C32)NC1c1ccccc1.